The molecule has 2 N–H and O–H groups in total. The number of nitrogens with zero attached hydrogens (tertiary/aromatic N) is 2. The van der Waals surface area contributed by atoms with Crippen molar-refractivity contribution in [2.45, 2.75) is 18.7 Å². The number of aryl methyl sites for hydroxylation is 2. The molecule has 0 spiro atoms. The molecular weight excluding hydrogens is 456 g/mol. The first-order valence-electron chi connectivity index (χ1n) is 10.1. The van der Waals surface area contributed by atoms with E-state index in [4.69, 9.17) is 0 Å². The van der Waals surface area contributed by atoms with Gasteiger partial charge < -0.3 is 10.6 Å². The third-order valence-corrected chi connectivity index (χ3v) is 7.04. The van der Waals surface area contributed by atoms with Crippen LogP contribution in [0, 0.1) is 13.8 Å². The van der Waals surface area contributed by atoms with Crippen molar-refractivity contribution >= 4 is 43.6 Å². The molecule has 0 atom stereocenters. The highest BCUT2D eigenvalue weighted by Gasteiger charge is 2.18. The van der Waals surface area contributed by atoms with Crippen LogP contribution in [-0.4, -0.2) is 30.5 Å². The molecule has 9 heteroatoms. The molecule has 0 unspecified atom stereocenters. The van der Waals surface area contributed by atoms with Gasteiger partial charge in [-0.1, -0.05) is 6.07 Å². The molecule has 0 aliphatic rings. The Kier molecular flexibility index (Phi) is 6.26. The smallest absolute Gasteiger partial charge is 0.255 e. The van der Waals surface area contributed by atoms with E-state index < -0.39 is 9.84 Å². The molecule has 2 aromatic heterocycles. The Balaban J connectivity index is 1.64. The number of carbonyl (C=O) groups excluding carboxylic acids is 1. The van der Waals surface area contributed by atoms with Crippen molar-refractivity contribution in [1.82, 2.24) is 9.97 Å². The third-order valence-electron chi connectivity index (χ3n) is 5.13. The monoisotopic (exact) mass is 478 g/mol. The normalized spacial score (nSPS) is 11.2. The summed E-state index contributed by atoms with van der Waals surface area (Å²) in [6.07, 6.45) is 4.49. The van der Waals surface area contributed by atoms with Crippen molar-refractivity contribution in [1.29, 1.82) is 0 Å². The van der Waals surface area contributed by atoms with E-state index in [1.807, 2.05) is 49.6 Å². The average Bonchev–Trinajstić information content (AvgIpc) is 3.24. The summed E-state index contributed by atoms with van der Waals surface area (Å²) in [6, 6.07) is 13.8. The van der Waals surface area contributed by atoms with Gasteiger partial charge in [0, 0.05) is 40.8 Å². The number of benzene rings is 2. The minimum atomic E-state index is -3.54. The van der Waals surface area contributed by atoms with Crippen molar-refractivity contribution in [3.63, 3.8) is 0 Å². The van der Waals surface area contributed by atoms with Crippen LogP contribution < -0.4 is 10.6 Å². The molecule has 4 aromatic rings. The topological polar surface area (TPSA) is 101 Å². The highest BCUT2D eigenvalue weighted by Crippen LogP contribution is 2.31. The average molecular weight is 479 g/mol. The van der Waals surface area contributed by atoms with Crippen LogP contribution in [-0.2, 0) is 9.84 Å². The van der Waals surface area contributed by atoms with Gasteiger partial charge in [-0.05, 0) is 67.4 Å². The van der Waals surface area contributed by atoms with Crippen molar-refractivity contribution in [3.05, 3.63) is 83.0 Å². The zero-order valence-corrected chi connectivity index (χ0v) is 19.9. The Morgan fingerprint density at radius 1 is 0.970 bits per heavy atom. The van der Waals surface area contributed by atoms with Gasteiger partial charge in [0.15, 0.2) is 15.0 Å². The minimum absolute atomic E-state index is 0.0888. The lowest BCUT2D eigenvalue weighted by Gasteiger charge is -2.12. The van der Waals surface area contributed by atoms with Crippen LogP contribution in [0.15, 0.2) is 71.2 Å². The van der Waals surface area contributed by atoms with Crippen LogP contribution in [0.3, 0.4) is 0 Å². The fraction of sp³-hybridized carbons (Fsp3) is 0.125. The Morgan fingerprint density at radius 2 is 1.73 bits per heavy atom. The van der Waals surface area contributed by atoms with E-state index in [0.717, 1.165) is 28.6 Å². The minimum Gasteiger partial charge on any atom is -0.330 e. The maximum absolute atomic E-state index is 12.9. The predicted octanol–water partition coefficient (Wildman–Crippen LogP) is 5.22. The molecule has 0 saturated heterocycles. The number of amides is 1. The molecular formula is C24H22N4O3S2. The van der Waals surface area contributed by atoms with E-state index >= 15 is 0 Å². The summed E-state index contributed by atoms with van der Waals surface area (Å²) in [5.74, 6) is -0.335. The molecule has 2 heterocycles. The first kappa shape index (κ1) is 22.6. The van der Waals surface area contributed by atoms with Gasteiger partial charge in [0.25, 0.3) is 5.91 Å². The first-order valence-corrected chi connectivity index (χ1v) is 12.8. The molecule has 4 rings (SSSR count). The molecule has 0 fully saturated rings. The van der Waals surface area contributed by atoms with Gasteiger partial charge in [-0.25, -0.2) is 13.4 Å². The summed E-state index contributed by atoms with van der Waals surface area (Å²) < 4.78 is 24.7. The van der Waals surface area contributed by atoms with Gasteiger partial charge >= 0.3 is 0 Å². The van der Waals surface area contributed by atoms with Crippen LogP contribution >= 0.6 is 11.3 Å². The van der Waals surface area contributed by atoms with E-state index in [-0.39, 0.29) is 10.8 Å². The number of aromatic nitrogens is 2. The molecule has 0 radical (unpaired) electrons. The lowest BCUT2D eigenvalue weighted by Crippen LogP contribution is -2.13. The second kappa shape index (κ2) is 9.13. The molecule has 1 amide bonds. The number of carbonyl (C=O) groups is 1. The van der Waals surface area contributed by atoms with Crippen LogP contribution in [0.2, 0.25) is 0 Å². The van der Waals surface area contributed by atoms with Crippen LogP contribution in [0.5, 0.6) is 0 Å². The quantitative estimate of drug-likeness (QED) is 0.394. The maximum Gasteiger partial charge on any atom is 0.255 e. The number of pyridine rings is 1. The Labute approximate surface area is 196 Å². The van der Waals surface area contributed by atoms with E-state index in [0.29, 0.717) is 22.1 Å². The van der Waals surface area contributed by atoms with Crippen molar-refractivity contribution in [2.24, 2.45) is 0 Å². The second-order valence-electron chi connectivity index (χ2n) is 7.64. The van der Waals surface area contributed by atoms with Crippen LogP contribution in [0.4, 0.5) is 16.5 Å². The van der Waals surface area contributed by atoms with E-state index in [2.05, 4.69) is 20.6 Å². The fourth-order valence-corrected chi connectivity index (χ4v) is 4.77. The number of rotatable bonds is 6. The highest BCUT2D eigenvalue weighted by atomic mass is 32.2. The molecule has 2 aromatic carbocycles. The van der Waals surface area contributed by atoms with Gasteiger partial charge in [0.2, 0.25) is 0 Å². The Morgan fingerprint density at radius 3 is 2.42 bits per heavy atom. The van der Waals surface area contributed by atoms with Gasteiger partial charge in [-0.15, -0.1) is 11.3 Å². The molecule has 0 saturated carbocycles. The predicted molar refractivity (Wildman–Crippen MR) is 132 cm³/mol. The highest BCUT2D eigenvalue weighted by molar-refractivity contribution is 7.90. The van der Waals surface area contributed by atoms with Crippen molar-refractivity contribution in [3.8, 4) is 11.3 Å². The number of anilines is 3. The summed E-state index contributed by atoms with van der Waals surface area (Å²) >= 11 is 1.34. The maximum atomic E-state index is 12.9. The standard InChI is InChI=1S/C24H22N4O3S2/c1-15-4-6-19(12-16(15)2)26-23(29)18-5-7-22(33(3,30)31)20(13-18)27-24-28-21(14-32-24)17-8-10-25-11-9-17/h4-14H,1-3H3,(H,26,29)(H,27,28). The van der Waals surface area contributed by atoms with Gasteiger partial charge in [0.05, 0.1) is 16.3 Å². The third kappa shape index (κ3) is 5.27. The number of sulfone groups is 1. The first-order chi connectivity index (χ1) is 15.7. The lowest BCUT2D eigenvalue weighted by molar-refractivity contribution is 0.102. The Hall–Kier alpha value is -3.56. The SMILES string of the molecule is Cc1ccc(NC(=O)c2ccc(S(C)(=O)=O)c(Nc3nc(-c4ccncc4)cs3)c2)cc1C. The summed E-state index contributed by atoms with van der Waals surface area (Å²) in [5, 5.41) is 8.33. The summed E-state index contributed by atoms with van der Waals surface area (Å²) in [5.41, 5.74) is 5.14. The van der Waals surface area contributed by atoms with E-state index in [1.165, 1.54) is 29.5 Å². The van der Waals surface area contributed by atoms with Crippen molar-refractivity contribution in [2.75, 3.05) is 16.9 Å². The number of nitrogens with one attached hydrogen (secondary N) is 2. The molecule has 33 heavy (non-hydrogen) atoms. The van der Waals surface area contributed by atoms with Crippen molar-refractivity contribution < 1.29 is 13.2 Å². The number of thiazole rings is 1. The van der Waals surface area contributed by atoms with Crippen LogP contribution in [0.25, 0.3) is 11.3 Å². The second-order valence-corrected chi connectivity index (χ2v) is 10.5. The lowest BCUT2D eigenvalue weighted by atomic mass is 10.1. The van der Waals surface area contributed by atoms with Crippen LogP contribution in [0.1, 0.15) is 21.5 Å². The largest absolute Gasteiger partial charge is 0.330 e. The van der Waals surface area contributed by atoms with E-state index in [1.54, 1.807) is 12.4 Å². The molecule has 0 aliphatic heterocycles. The summed E-state index contributed by atoms with van der Waals surface area (Å²) in [4.78, 5) is 21.5. The summed E-state index contributed by atoms with van der Waals surface area (Å²) in [7, 11) is -3.54. The zero-order chi connectivity index (χ0) is 23.6. The molecule has 168 valence electrons. The van der Waals surface area contributed by atoms with Gasteiger partial charge in [-0.2, -0.15) is 0 Å². The van der Waals surface area contributed by atoms with Gasteiger partial charge in [-0.3, -0.25) is 9.78 Å². The summed E-state index contributed by atoms with van der Waals surface area (Å²) in [6.45, 7) is 3.98. The molecule has 0 bridgehead atoms. The van der Waals surface area contributed by atoms with E-state index in [9.17, 15) is 13.2 Å². The molecule has 0 aliphatic carbocycles. The number of hydrogen-bond donors (Lipinski definition) is 2. The zero-order valence-electron chi connectivity index (χ0n) is 18.3. The van der Waals surface area contributed by atoms with Gasteiger partial charge in [0.1, 0.15) is 0 Å². The fourth-order valence-electron chi connectivity index (χ4n) is 3.22. The number of hydrogen-bond acceptors (Lipinski definition) is 7. The molecule has 7 nitrogen and oxygen atoms in total. The Bertz CT molecular complexity index is 1430.